The highest BCUT2D eigenvalue weighted by Gasteiger charge is 2.21. The van der Waals surface area contributed by atoms with E-state index in [1.807, 2.05) is 67.8 Å². The quantitative estimate of drug-likeness (QED) is 0.408. The number of hydrogen-bond acceptors (Lipinski definition) is 5. The van der Waals surface area contributed by atoms with E-state index in [1.54, 1.807) is 6.08 Å². The van der Waals surface area contributed by atoms with Gasteiger partial charge in [-0.05, 0) is 51.1 Å². The van der Waals surface area contributed by atoms with Crippen molar-refractivity contribution in [2.45, 2.75) is 31.2 Å². The van der Waals surface area contributed by atoms with E-state index in [4.69, 9.17) is 4.74 Å². The fourth-order valence-electron chi connectivity index (χ4n) is 2.94. The molecule has 1 heterocycles. The van der Waals surface area contributed by atoms with Gasteiger partial charge < -0.3 is 10.1 Å². The average molecular weight is 423 g/mol. The molecule has 1 aromatic heterocycles. The molecule has 0 unspecified atom stereocenters. The lowest BCUT2D eigenvalue weighted by Gasteiger charge is -2.14. The van der Waals surface area contributed by atoms with Crippen LogP contribution in [0, 0.1) is 6.92 Å². The lowest BCUT2D eigenvalue weighted by atomic mass is 10.1. The number of amides is 1. The van der Waals surface area contributed by atoms with Crippen LogP contribution >= 0.6 is 11.8 Å². The van der Waals surface area contributed by atoms with Crippen molar-refractivity contribution in [2.24, 2.45) is 0 Å². The van der Waals surface area contributed by atoms with E-state index in [1.165, 1.54) is 11.8 Å². The topological polar surface area (TPSA) is 69.0 Å². The van der Waals surface area contributed by atoms with E-state index in [2.05, 4.69) is 28.2 Å². The Balaban J connectivity index is 2.00. The maximum absolute atomic E-state index is 12.3. The maximum Gasteiger partial charge on any atom is 0.233 e. The molecule has 1 N–H and O–H groups in total. The minimum atomic E-state index is -0.332. The Morgan fingerprint density at radius 1 is 1.27 bits per heavy atom. The highest BCUT2D eigenvalue weighted by atomic mass is 32.2. The summed E-state index contributed by atoms with van der Waals surface area (Å²) in [6.07, 6.45) is 1.66. The van der Waals surface area contributed by atoms with Crippen molar-refractivity contribution in [3.63, 3.8) is 0 Å². The molecule has 0 aliphatic heterocycles. The number of nitrogens with one attached hydrogen (secondary N) is 1. The third kappa shape index (κ3) is 5.10. The molecule has 156 valence electrons. The molecule has 0 aliphatic carbocycles. The highest BCUT2D eigenvalue weighted by Crippen LogP contribution is 2.31. The number of hydrogen-bond donors (Lipinski definition) is 1. The number of aromatic nitrogens is 3. The van der Waals surface area contributed by atoms with Gasteiger partial charge in [-0.2, -0.15) is 0 Å². The van der Waals surface area contributed by atoms with E-state index in [0.717, 1.165) is 28.4 Å². The first-order valence-electron chi connectivity index (χ1n) is 9.84. The standard InChI is InChI=1S/C23H26N4O2S/c1-5-14-24-22(28)17(4)30-23-26-25-21(18-9-7-8-16(3)15-18)27(23)19-10-12-20(13-11-19)29-6-2/h5,7-13,15,17H,1,6,14H2,2-4H3,(H,24,28)/t17-/m1/s1. The van der Waals surface area contributed by atoms with Crippen LogP contribution in [-0.4, -0.2) is 39.1 Å². The molecule has 0 aliphatic rings. The number of rotatable bonds is 9. The van der Waals surface area contributed by atoms with Gasteiger partial charge in [0.05, 0.1) is 11.9 Å². The first-order valence-corrected chi connectivity index (χ1v) is 10.7. The third-order valence-electron chi connectivity index (χ3n) is 4.39. The fourth-order valence-corrected chi connectivity index (χ4v) is 3.83. The minimum Gasteiger partial charge on any atom is -0.494 e. The van der Waals surface area contributed by atoms with Crippen LogP contribution in [-0.2, 0) is 4.79 Å². The molecule has 30 heavy (non-hydrogen) atoms. The summed E-state index contributed by atoms with van der Waals surface area (Å²) in [5.74, 6) is 1.46. The van der Waals surface area contributed by atoms with Gasteiger partial charge in [-0.1, -0.05) is 41.6 Å². The van der Waals surface area contributed by atoms with Gasteiger partial charge in [-0.25, -0.2) is 0 Å². The zero-order chi connectivity index (χ0) is 21.5. The number of aryl methyl sites for hydroxylation is 1. The second kappa shape index (κ2) is 10.1. The molecule has 7 heteroatoms. The normalized spacial score (nSPS) is 11.7. The van der Waals surface area contributed by atoms with Crippen LogP contribution in [0.4, 0.5) is 0 Å². The molecular formula is C23H26N4O2S. The molecule has 2 aromatic carbocycles. The Labute approximate surface area is 181 Å². The molecule has 0 spiro atoms. The van der Waals surface area contributed by atoms with Crippen molar-refractivity contribution < 1.29 is 9.53 Å². The van der Waals surface area contributed by atoms with Crippen LogP contribution in [0.3, 0.4) is 0 Å². The van der Waals surface area contributed by atoms with Crippen molar-refractivity contribution in [3.8, 4) is 22.8 Å². The van der Waals surface area contributed by atoms with Gasteiger partial charge in [0.25, 0.3) is 0 Å². The third-order valence-corrected chi connectivity index (χ3v) is 5.43. The zero-order valence-corrected chi connectivity index (χ0v) is 18.3. The lowest BCUT2D eigenvalue weighted by Crippen LogP contribution is -2.31. The average Bonchev–Trinajstić information content (AvgIpc) is 3.16. The molecule has 3 rings (SSSR count). The monoisotopic (exact) mass is 422 g/mol. The zero-order valence-electron chi connectivity index (χ0n) is 17.5. The van der Waals surface area contributed by atoms with Crippen molar-refractivity contribution in [1.29, 1.82) is 0 Å². The molecule has 3 aromatic rings. The predicted molar refractivity (Wildman–Crippen MR) is 121 cm³/mol. The highest BCUT2D eigenvalue weighted by molar-refractivity contribution is 8.00. The first-order chi connectivity index (χ1) is 14.5. The van der Waals surface area contributed by atoms with E-state index < -0.39 is 0 Å². The maximum atomic E-state index is 12.3. The Hall–Kier alpha value is -3.06. The summed E-state index contributed by atoms with van der Waals surface area (Å²) in [6.45, 7) is 10.5. The molecule has 0 saturated heterocycles. The summed E-state index contributed by atoms with van der Waals surface area (Å²) in [7, 11) is 0. The van der Waals surface area contributed by atoms with E-state index in [0.29, 0.717) is 18.3 Å². The molecule has 0 fully saturated rings. The molecule has 1 amide bonds. The molecular weight excluding hydrogens is 396 g/mol. The molecule has 0 saturated carbocycles. The van der Waals surface area contributed by atoms with Crippen LogP contribution in [0.25, 0.3) is 17.1 Å². The van der Waals surface area contributed by atoms with Gasteiger partial charge in [-0.3, -0.25) is 9.36 Å². The van der Waals surface area contributed by atoms with Gasteiger partial charge >= 0.3 is 0 Å². The van der Waals surface area contributed by atoms with Crippen molar-refractivity contribution in [2.75, 3.05) is 13.2 Å². The van der Waals surface area contributed by atoms with Gasteiger partial charge in [0.2, 0.25) is 5.91 Å². The van der Waals surface area contributed by atoms with Crippen molar-refractivity contribution in [1.82, 2.24) is 20.1 Å². The lowest BCUT2D eigenvalue weighted by molar-refractivity contribution is -0.120. The molecule has 6 nitrogen and oxygen atoms in total. The second-order valence-corrected chi connectivity index (χ2v) is 8.04. The number of thioether (sulfide) groups is 1. The number of ether oxygens (including phenoxy) is 1. The van der Waals surface area contributed by atoms with Crippen molar-refractivity contribution in [3.05, 3.63) is 66.7 Å². The number of carbonyl (C=O) groups excluding carboxylic acids is 1. The SMILES string of the molecule is C=CCNC(=O)[C@@H](C)Sc1nnc(-c2cccc(C)c2)n1-c1ccc(OCC)cc1. The van der Waals surface area contributed by atoms with Crippen molar-refractivity contribution >= 4 is 17.7 Å². The van der Waals surface area contributed by atoms with Crippen LogP contribution in [0.5, 0.6) is 5.75 Å². The van der Waals surface area contributed by atoms with Gasteiger partial charge in [0.1, 0.15) is 5.75 Å². The van der Waals surface area contributed by atoms with Gasteiger partial charge in [-0.15, -0.1) is 16.8 Å². The largest absolute Gasteiger partial charge is 0.494 e. The summed E-state index contributed by atoms with van der Waals surface area (Å²) >= 11 is 1.37. The first kappa shape index (κ1) is 21.6. The summed E-state index contributed by atoms with van der Waals surface area (Å²) in [5.41, 5.74) is 3.01. The Kier molecular flexibility index (Phi) is 7.30. The van der Waals surface area contributed by atoms with Gasteiger partial charge in [0, 0.05) is 17.8 Å². The van der Waals surface area contributed by atoms with Gasteiger partial charge in [0.15, 0.2) is 11.0 Å². The molecule has 0 radical (unpaired) electrons. The number of nitrogens with zero attached hydrogens (tertiary/aromatic N) is 3. The Bertz CT molecular complexity index is 1010. The minimum absolute atomic E-state index is 0.0711. The Morgan fingerprint density at radius 2 is 2.03 bits per heavy atom. The smallest absolute Gasteiger partial charge is 0.233 e. The number of carbonyl (C=O) groups is 1. The number of benzene rings is 2. The fraction of sp³-hybridized carbons (Fsp3) is 0.261. The Morgan fingerprint density at radius 3 is 2.70 bits per heavy atom. The summed E-state index contributed by atoms with van der Waals surface area (Å²) in [6, 6.07) is 15.9. The van der Waals surface area contributed by atoms with Crippen LogP contribution in [0.2, 0.25) is 0 Å². The summed E-state index contributed by atoms with van der Waals surface area (Å²) in [5, 5.41) is 12.0. The van der Waals surface area contributed by atoms with E-state index in [-0.39, 0.29) is 11.2 Å². The second-order valence-electron chi connectivity index (χ2n) is 6.73. The van der Waals surface area contributed by atoms with E-state index >= 15 is 0 Å². The van der Waals surface area contributed by atoms with Crippen LogP contribution in [0.15, 0.2) is 66.3 Å². The van der Waals surface area contributed by atoms with E-state index in [9.17, 15) is 4.79 Å². The molecule has 1 atom stereocenters. The molecule has 0 bridgehead atoms. The van der Waals surface area contributed by atoms with Crippen LogP contribution in [0.1, 0.15) is 19.4 Å². The summed E-state index contributed by atoms with van der Waals surface area (Å²) < 4.78 is 7.54. The van der Waals surface area contributed by atoms with Crippen LogP contribution < -0.4 is 10.1 Å². The summed E-state index contributed by atoms with van der Waals surface area (Å²) in [4.78, 5) is 12.3. The predicted octanol–water partition coefficient (Wildman–Crippen LogP) is 4.42.